The Hall–Kier alpha value is -1.09. The van der Waals surface area contributed by atoms with Crippen LogP contribution in [0.4, 0.5) is 5.69 Å². The zero-order valence-electron chi connectivity index (χ0n) is 14.6. The topological polar surface area (TPSA) is 24.1 Å². The van der Waals surface area contributed by atoms with E-state index in [1.807, 2.05) is 0 Å². The lowest BCUT2D eigenvalue weighted by atomic mass is 9.71. The fourth-order valence-electron chi connectivity index (χ4n) is 3.40. The van der Waals surface area contributed by atoms with Gasteiger partial charge in [0.05, 0.1) is 0 Å². The molecule has 1 aromatic rings. The van der Waals surface area contributed by atoms with Crippen molar-refractivity contribution in [3.8, 4) is 0 Å². The van der Waals surface area contributed by atoms with E-state index in [2.05, 4.69) is 63.5 Å². The number of aryl methyl sites for hydroxylation is 2. The second-order valence-electron chi connectivity index (χ2n) is 7.83. The number of nitrogens with one attached hydrogen (secondary N) is 2. The Morgan fingerprint density at radius 1 is 1.09 bits per heavy atom. The van der Waals surface area contributed by atoms with Crippen LogP contribution in [0.3, 0.4) is 0 Å². The fraction of sp³-hybridized carbons (Fsp3) is 0.632. The van der Waals surface area contributed by atoms with Gasteiger partial charge >= 0.3 is 0 Å². The van der Waals surface area contributed by atoms with Crippen LogP contribution in [0.25, 0.3) is 0 Å². The van der Waals surface area contributed by atoms with Crippen molar-refractivity contribution in [1.29, 1.82) is 0 Å². The molecule has 2 N–H and O–H groups in total. The third-order valence-corrected chi connectivity index (χ3v) is 5.14. The van der Waals surface area contributed by atoms with Crippen molar-refractivity contribution < 1.29 is 0 Å². The molecule has 1 aromatic carbocycles. The Balaban J connectivity index is 1.83. The number of hydrogen-bond donors (Lipinski definition) is 2. The number of benzene rings is 1. The Bertz CT molecular complexity index is 523. The normalized spacial score (nSPS) is 22.2. The molecule has 0 heterocycles. The van der Waals surface area contributed by atoms with Gasteiger partial charge in [-0.15, -0.1) is 0 Å². The molecule has 0 amide bonds. The van der Waals surface area contributed by atoms with Crippen LogP contribution in [0.15, 0.2) is 18.2 Å². The summed E-state index contributed by atoms with van der Waals surface area (Å²) >= 11 is 5.49. The van der Waals surface area contributed by atoms with Gasteiger partial charge in [0.2, 0.25) is 0 Å². The maximum atomic E-state index is 5.49. The van der Waals surface area contributed by atoms with Gasteiger partial charge in [-0.2, -0.15) is 0 Å². The minimum absolute atomic E-state index is 0.433. The standard InChI is InChI=1S/C19H30N2S/c1-13-6-11-17(14(2)12-13)21-18(22)20-16-9-7-15(8-10-16)19(3,4)5/h6,11-12,15-16H,7-10H2,1-5H3,(H2,20,21,22). The van der Waals surface area contributed by atoms with Gasteiger partial charge in [-0.05, 0) is 74.7 Å². The molecular formula is C19H30N2S. The van der Waals surface area contributed by atoms with Gasteiger partial charge in [0.1, 0.15) is 0 Å². The number of thiocarbonyl (C=S) groups is 1. The molecule has 2 rings (SSSR count). The van der Waals surface area contributed by atoms with Crippen LogP contribution in [0.1, 0.15) is 57.6 Å². The van der Waals surface area contributed by atoms with Gasteiger partial charge in [-0.25, -0.2) is 0 Å². The van der Waals surface area contributed by atoms with Crippen molar-refractivity contribution in [2.45, 2.75) is 66.3 Å². The third-order valence-electron chi connectivity index (χ3n) is 4.92. The van der Waals surface area contributed by atoms with E-state index in [1.165, 1.54) is 36.8 Å². The van der Waals surface area contributed by atoms with E-state index in [9.17, 15) is 0 Å². The van der Waals surface area contributed by atoms with Crippen LogP contribution in [0.2, 0.25) is 0 Å². The SMILES string of the molecule is Cc1ccc(NC(=S)NC2CCC(C(C)(C)C)CC2)c(C)c1. The number of anilines is 1. The monoisotopic (exact) mass is 318 g/mol. The van der Waals surface area contributed by atoms with Crippen molar-refractivity contribution in [2.24, 2.45) is 11.3 Å². The van der Waals surface area contributed by atoms with Gasteiger partial charge in [-0.3, -0.25) is 0 Å². The zero-order chi connectivity index (χ0) is 16.3. The Labute approximate surface area is 141 Å². The predicted octanol–water partition coefficient (Wildman–Crippen LogP) is 5.19. The average molecular weight is 319 g/mol. The van der Waals surface area contributed by atoms with Crippen LogP contribution in [0.5, 0.6) is 0 Å². The van der Waals surface area contributed by atoms with Gasteiger partial charge in [0, 0.05) is 11.7 Å². The summed E-state index contributed by atoms with van der Waals surface area (Å²) in [5.74, 6) is 0.839. The first-order valence-corrected chi connectivity index (χ1v) is 8.81. The second kappa shape index (κ2) is 6.99. The summed E-state index contributed by atoms with van der Waals surface area (Å²) in [6, 6.07) is 6.92. The highest BCUT2D eigenvalue weighted by Gasteiger charge is 2.29. The second-order valence-corrected chi connectivity index (χ2v) is 8.24. The predicted molar refractivity (Wildman–Crippen MR) is 100 cm³/mol. The smallest absolute Gasteiger partial charge is 0.171 e. The molecule has 2 nitrogen and oxygen atoms in total. The molecule has 0 saturated heterocycles. The van der Waals surface area contributed by atoms with Crippen LogP contribution >= 0.6 is 12.2 Å². The highest BCUT2D eigenvalue weighted by Crippen LogP contribution is 2.37. The van der Waals surface area contributed by atoms with Crippen LogP contribution in [-0.2, 0) is 0 Å². The van der Waals surface area contributed by atoms with Crippen molar-refractivity contribution in [3.63, 3.8) is 0 Å². The molecule has 3 heteroatoms. The quantitative estimate of drug-likeness (QED) is 0.733. The molecule has 0 aromatic heterocycles. The van der Waals surface area contributed by atoms with E-state index >= 15 is 0 Å². The summed E-state index contributed by atoms with van der Waals surface area (Å²) in [5.41, 5.74) is 4.05. The zero-order valence-corrected chi connectivity index (χ0v) is 15.4. The van der Waals surface area contributed by atoms with Crippen LogP contribution in [0, 0.1) is 25.2 Å². The maximum Gasteiger partial charge on any atom is 0.171 e. The van der Waals surface area contributed by atoms with Crippen LogP contribution < -0.4 is 10.6 Å². The molecule has 0 spiro atoms. The molecule has 1 aliphatic rings. The molecule has 0 bridgehead atoms. The first-order chi connectivity index (χ1) is 10.3. The van der Waals surface area contributed by atoms with E-state index < -0.39 is 0 Å². The van der Waals surface area contributed by atoms with Gasteiger partial charge < -0.3 is 10.6 Å². The molecule has 1 saturated carbocycles. The summed E-state index contributed by atoms with van der Waals surface area (Å²) in [5, 5.41) is 7.60. The number of hydrogen-bond acceptors (Lipinski definition) is 1. The molecule has 0 radical (unpaired) electrons. The molecule has 22 heavy (non-hydrogen) atoms. The molecule has 0 aliphatic heterocycles. The lowest BCUT2D eigenvalue weighted by Gasteiger charge is -2.37. The Morgan fingerprint density at radius 3 is 2.27 bits per heavy atom. The van der Waals surface area contributed by atoms with E-state index in [0.717, 1.165) is 16.7 Å². The minimum atomic E-state index is 0.433. The van der Waals surface area contributed by atoms with Crippen molar-refractivity contribution in [1.82, 2.24) is 5.32 Å². The Kier molecular flexibility index (Phi) is 5.49. The molecule has 0 unspecified atom stereocenters. The van der Waals surface area contributed by atoms with E-state index in [0.29, 0.717) is 11.5 Å². The fourth-order valence-corrected chi connectivity index (χ4v) is 3.68. The summed E-state index contributed by atoms with van der Waals surface area (Å²) in [6.07, 6.45) is 5.04. The summed E-state index contributed by atoms with van der Waals surface area (Å²) in [7, 11) is 0. The summed E-state index contributed by atoms with van der Waals surface area (Å²) in [4.78, 5) is 0. The first-order valence-electron chi connectivity index (χ1n) is 8.40. The van der Waals surface area contributed by atoms with Crippen molar-refractivity contribution >= 4 is 23.0 Å². The maximum absolute atomic E-state index is 5.49. The van der Waals surface area contributed by atoms with Gasteiger partial charge in [-0.1, -0.05) is 38.5 Å². The average Bonchev–Trinajstić information content (AvgIpc) is 2.41. The van der Waals surface area contributed by atoms with Crippen molar-refractivity contribution in [3.05, 3.63) is 29.3 Å². The molecule has 1 aliphatic carbocycles. The molecule has 0 atom stereocenters. The lowest BCUT2D eigenvalue weighted by molar-refractivity contribution is 0.166. The van der Waals surface area contributed by atoms with Gasteiger partial charge in [0.25, 0.3) is 0 Å². The molecule has 1 fully saturated rings. The minimum Gasteiger partial charge on any atom is -0.360 e. The summed E-state index contributed by atoms with van der Waals surface area (Å²) in [6.45, 7) is 11.3. The number of rotatable bonds is 2. The first kappa shape index (κ1) is 17.3. The summed E-state index contributed by atoms with van der Waals surface area (Å²) < 4.78 is 0. The van der Waals surface area contributed by atoms with Gasteiger partial charge in [0.15, 0.2) is 5.11 Å². The Morgan fingerprint density at radius 2 is 1.73 bits per heavy atom. The van der Waals surface area contributed by atoms with E-state index in [-0.39, 0.29) is 0 Å². The third kappa shape index (κ3) is 4.70. The highest BCUT2D eigenvalue weighted by molar-refractivity contribution is 7.80. The lowest BCUT2D eigenvalue weighted by Crippen LogP contribution is -2.41. The largest absolute Gasteiger partial charge is 0.360 e. The van der Waals surface area contributed by atoms with Crippen LogP contribution in [-0.4, -0.2) is 11.2 Å². The van der Waals surface area contributed by atoms with Crippen molar-refractivity contribution in [2.75, 3.05) is 5.32 Å². The highest BCUT2D eigenvalue weighted by atomic mass is 32.1. The molecular weight excluding hydrogens is 288 g/mol. The molecule has 122 valence electrons. The van der Waals surface area contributed by atoms with E-state index in [1.54, 1.807) is 0 Å². The van der Waals surface area contributed by atoms with E-state index in [4.69, 9.17) is 12.2 Å².